The Bertz CT molecular complexity index is 1130. The van der Waals surface area contributed by atoms with Crippen LogP contribution in [0.15, 0.2) is 54.6 Å². The van der Waals surface area contributed by atoms with Crippen molar-refractivity contribution in [1.29, 1.82) is 0 Å². The van der Waals surface area contributed by atoms with Gasteiger partial charge in [-0.3, -0.25) is 9.59 Å². The molecule has 2 aromatic carbocycles. The average Bonchev–Trinajstić information content (AvgIpc) is 2.74. The molecule has 31 heavy (non-hydrogen) atoms. The number of carbonyl (C=O) groups is 2. The first-order valence-corrected chi connectivity index (χ1v) is 10.1. The van der Waals surface area contributed by atoms with Gasteiger partial charge in [0.25, 0.3) is 5.91 Å². The van der Waals surface area contributed by atoms with Crippen LogP contribution >= 0.6 is 23.2 Å². The van der Waals surface area contributed by atoms with Crippen molar-refractivity contribution < 1.29 is 19.4 Å². The summed E-state index contributed by atoms with van der Waals surface area (Å²) in [5.41, 5.74) is 2.61. The molecule has 0 radical (unpaired) electrons. The van der Waals surface area contributed by atoms with E-state index in [1.165, 1.54) is 13.2 Å². The molecule has 160 valence electrons. The van der Waals surface area contributed by atoms with Gasteiger partial charge in [0.05, 0.1) is 24.6 Å². The van der Waals surface area contributed by atoms with Crippen LogP contribution in [-0.4, -0.2) is 29.1 Å². The van der Waals surface area contributed by atoms with Crippen LogP contribution < -0.4 is 10.1 Å². The van der Waals surface area contributed by atoms with E-state index in [2.05, 4.69) is 10.3 Å². The second kappa shape index (κ2) is 9.81. The standard InChI is InChI=1S/C23H20Cl2N2O4/c1-13-7-8-17(25)15(11-13)22-20(31-2)10-9-18(26-22)23(30)27-19(12-21(28)29)14-5-3-4-6-16(14)24/h3-11,19H,12H2,1-2H3,(H,27,30)(H,28,29). The summed E-state index contributed by atoms with van der Waals surface area (Å²) in [6.45, 7) is 1.92. The van der Waals surface area contributed by atoms with E-state index in [0.717, 1.165) is 5.56 Å². The Kier molecular flexibility index (Phi) is 7.15. The molecule has 0 aliphatic carbocycles. The monoisotopic (exact) mass is 458 g/mol. The third kappa shape index (κ3) is 5.34. The lowest BCUT2D eigenvalue weighted by molar-refractivity contribution is -0.137. The molecule has 0 saturated heterocycles. The van der Waals surface area contributed by atoms with Crippen molar-refractivity contribution in [2.24, 2.45) is 0 Å². The van der Waals surface area contributed by atoms with Gasteiger partial charge in [0.1, 0.15) is 17.1 Å². The average molecular weight is 459 g/mol. The maximum atomic E-state index is 13.0. The zero-order chi connectivity index (χ0) is 22.5. The highest BCUT2D eigenvalue weighted by Gasteiger charge is 2.23. The molecule has 1 unspecified atom stereocenters. The molecule has 0 bridgehead atoms. The summed E-state index contributed by atoms with van der Waals surface area (Å²) in [5.74, 6) is -1.16. The summed E-state index contributed by atoms with van der Waals surface area (Å²) >= 11 is 12.6. The number of hydrogen-bond acceptors (Lipinski definition) is 4. The minimum atomic E-state index is -1.07. The SMILES string of the molecule is COc1ccc(C(=O)NC(CC(=O)O)c2ccccc2Cl)nc1-c1cc(C)ccc1Cl. The number of ether oxygens (including phenoxy) is 1. The summed E-state index contributed by atoms with van der Waals surface area (Å²) in [6.07, 6.45) is -0.331. The maximum Gasteiger partial charge on any atom is 0.305 e. The highest BCUT2D eigenvalue weighted by molar-refractivity contribution is 6.33. The number of nitrogens with one attached hydrogen (secondary N) is 1. The van der Waals surface area contributed by atoms with Crippen LogP contribution in [0, 0.1) is 6.92 Å². The van der Waals surface area contributed by atoms with Gasteiger partial charge in [-0.25, -0.2) is 4.98 Å². The number of benzene rings is 2. The van der Waals surface area contributed by atoms with E-state index in [1.807, 2.05) is 19.1 Å². The van der Waals surface area contributed by atoms with Gasteiger partial charge >= 0.3 is 5.97 Å². The number of aromatic nitrogens is 1. The first kappa shape index (κ1) is 22.6. The van der Waals surface area contributed by atoms with E-state index in [-0.39, 0.29) is 12.1 Å². The van der Waals surface area contributed by atoms with Gasteiger partial charge in [-0.15, -0.1) is 0 Å². The molecule has 2 N–H and O–H groups in total. The molecule has 1 heterocycles. The third-order valence-electron chi connectivity index (χ3n) is 4.65. The highest BCUT2D eigenvalue weighted by atomic mass is 35.5. The van der Waals surface area contributed by atoms with E-state index in [0.29, 0.717) is 32.6 Å². The van der Waals surface area contributed by atoms with E-state index in [9.17, 15) is 14.7 Å². The molecular weight excluding hydrogens is 439 g/mol. The van der Waals surface area contributed by atoms with Crippen molar-refractivity contribution in [1.82, 2.24) is 10.3 Å². The molecule has 1 amide bonds. The second-order valence-electron chi connectivity index (χ2n) is 6.88. The largest absolute Gasteiger partial charge is 0.494 e. The van der Waals surface area contributed by atoms with Crippen molar-refractivity contribution in [3.63, 3.8) is 0 Å². The van der Waals surface area contributed by atoms with Crippen LogP contribution in [0.3, 0.4) is 0 Å². The number of aryl methyl sites for hydroxylation is 1. The highest BCUT2D eigenvalue weighted by Crippen LogP contribution is 2.34. The molecule has 8 heteroatoms. The topological polar surface area (TPSA) is 88.5 Å². The molecule has 0 aliphatic heterocycles. The quantitative estimate of drug-likeness (QED) is 0.500. The van der Waals surface area contributed by atoms with Crippen LogP contribution in [0.4, 0.5) is 0 Å². The van der Waals surface area contributed by atoms with Crippen LogP contribution in [-0.2, 0) is 4.79 Å². The summed E-state index contributed by atoms with van der Waals surface area (Å²) in [5, 5.41) is 12.9. The first-order valence-electron chi connectivity index (χ1n) is 9.38. The van der Waals surface area contributed by atoms with Gasteiger partial charge in [0.15, 0.2) is 0 Å². The molecule has 0 spiro atoms. The van der Waals surface area contributed by atoms with E-state index < -0.39 is 17.9 Å². The number of aliphatic carboxylic acids is 1. The smallest absolute Gasteiger partial charge is 0.305 e. The number of carboxylic acids is 1. The fourth-order valence-electron chi connectivity index (χ4n) is 3.15. The Hall–Kier alpha value is -3.09. The Morgan fingerprint density at radius 1 is 1.10 bits per heavy atom. The molecule has 6 nitrogen and oxygen atoms in total. The van der Waals surface area contributed by atoms with Gasteiger partial charge in [-0.1, -0.05) is 53.0 Å². The first-order chi connectivity index (χ1) is 14.8. The Labute approximate surface area is 189 Å². The van der Waals surface area contributed by atoms with Crippen LogP contribution in [0.5, 0.6) is 5.75 Å². The fraction of sp³-hybridized carbons (Fsp3) is 0.174. The van der Waals surface area contributed by atoms with Crippen molar-refractivity contribution in [3.8, 4) is 17.0 Å². The number of rotatable bonds is 7. The van der Waals surface area contributed by atoms with Gasteiger partial charge in [0, 0.05) is 10.6 Å². The Balaban J connectivity index is 1.98. The lowest BCUT2D eigenvalue weighted by atomic mass is 10.0. The third-order valence-corrected chi connectivity index (χ3v) is 5.33. The maximum absolute atomic E-state index is 13.0. The molecule has 1 aromatic heterocycles. The number of carbonyl (C=O) groups excluding carboxylic acids is 1. The van der Waals surface area contributed by atoms with Crippen LogP contribution in [0.25, 0.3) is 11.3 Å². The number of methoxy groups -OCH3 is 1. The van der Waals surface area contributed by atoms with Crippen molar-refractivity contribution in [3.05, 3.63) is 81.5 Å². The molecule has 0 aliphatic rings. The molecular formula is C23H20Cl2N2O4. The normalized spacial score (nSPS) is 11.6. The number of carboxylic acid groups (broad SMARTS) is 1. The fourth-order valence-corrected chi connectivity index (χ4v) is 3.63. The molecule has 3 rings (SSSR count). The lowest BCUT2D eigenvalue weighted by Crippen LogP contribution is -2.31. The van der Waals surface area contributed by atoms with Crippen LogP contribution in [0.1, 0.15) is 34.1 Å². The minimum absolute atomic E-state index is 0.0933. The predicted molar refractivity (Wildman–Crippen MR) is 120 cm³/mol. The summed E-state index contributed by atoms with van der Waals surface area (Å²) in [7, 11) is 1.50. The minimum Gasteiger partial charge on any atom is -0.494 e. The van der Waals surface area contributed by atoms with Crippen LogP contribution in [0.2, 0.25) is 10.0 Å². The van der Waals surface area contributed by atoms with E-state index in [1.54, 1.807) is 36.4 Å². The van der Waals surface area contributed by atoms with Crippen molar-refractivity contribution >= 4 is 35.1 Å². The number of hydrogen-bond donors (Lipinski definition) is 2. The van der Waals surface area contributed by atoms with Crippen molar-refractivity contribution in [2.75, 3.05) is 7.11 Å². The molecule has 1 atom stereocenters. The number of pyridine rings is 1. The lowest BCUT2D eigenvalue weighted by Gasteiger charge is -2.19. The van der Waals surface area contributed by atoms with E-state index in [4.69, 9.17) is 27.9 Å². The number of halogens is 2. The Morgan fingerprint density at radius 2 is 1.84 bits per heavy atom. The van der Waals surface area contributed by atoms with Crippen molar-refractivity contribution in [2.45, 2.75) is 19.4 Å². The zero-order valence-electron chi connectivity index (χ0n) is 16.9. The summed E-state index contributed by atoms with van der Waals surface area (Å²) < 4.78 is 5.40. The summed E-state index contributed by atoms with van der Waals surface area (Å²) in [4.78, 5) is 28.8. The molecule has 3 aromatic rings. The van der Waals surface area contributed by atoms with Gasteiger partial charge in [0.2, 0.25) is 0 Å². The zero-order valence-corrected chi connectivity index (χ0v) is 18.4. The molecule has 0 saturated carbocycles. The number of amides is 1. The van der Waals surface area contributed by atoms with Gasteiger partial charge < -0.3 is 15.2 Å². The predicted octanol–water partition coefficient (Wildman–Crippen LogP) is 5.32. The van der Waals surface area contributed by atoms with E-state index >= 15 is 0 Å². The van der Waals surface area contributed by atoms with Gasteiger partial charge in [-0.2, -0.15) is 0 Å². The van der Waals surface area contributed by atoms with Gasteiger partial charge in [-0.05, 0) is 42.8 Å². The second-order valence-corrected chi connectivity index (χ2v) is 7.69. The number of nitrogens with zero attached hydrogens (tertiary/aromatic N) is 1. The summed E-state index contributed by atoms with van der Waals surface area (Å²) in [6, 6.07) is 14.6. The Morgan fingerprint density at radius 3 is 2.52 bits per heavy atom. The molecule has 0 fully saturated rings.